The third kappa shape index (κ3) is 4.08. The molecular weight excluding hydrogens is 302 g/mol. The van der Waals surface area contributed by atoms with E-state index in [0.717, 1.165) is 29.7 Å². The van der Waals surface area contributed by atoms with Crippen molar-refractivity contribution in [2.24, 2.45) is 0 Å². The van der Waals surface area contributed by atoms with Crippen molar-refractivity contribution in [3.63, 3.8) is 0 Å². The van der Waals surface area contributed by atoms with Crippen LogP contribution in [0.1, 0.15) is 19.4 Å². The van der Waals surface area contributed by atoms with Crippen LogP contribution in [-0.2, 0) is 16.4 Å². The molecule has 0 spiro atoms. The number of benzene rings is 1. The number of hydrogen-bond donors (Lipinski definition) is 0. The van der Waals surface area contributed by atoms with Crippen molar-refractivity contribution in [1.29, 1.82) is 0 Å². The first-order valence-corrected chi connectivity index (χ1v) is 8.27. The molecule has 0 bridgehead atoms. The molecule has 0 aliphatic carbocycles. The van der Waals surface area contributed by atoms with Gasteiger partial charge in [0.05, 0.1) is 4.90 Å². The van der Waals surface area contributed by atoms with E-state index in [1.54, 1.807) is 12.1 Å². The number of halogens is 1. The van der Waals surface area contributed by atoms with Crippen LogP contribution >= 0.6 is 15.9 Å². The second-order valence-electron chi connectivity index (χ2n) is 3.99. The summed E-state index contributed by atoms with van der Waals surface area (Å²) in [7, 11) is -3.13. The number of nitrogens with zero attached hydrogens (tertiary/aromatic N) is 1. The maximum atomic E-state index is 11.4. The van der Waals surface area contributed by atoms with Crippen LogP contribution in [-0.4, -0.2) is 32.7 Å². The molecule has 0 fully saturated rings. The van der Waals surface area contributed by atoms with Crippen molar-refractivity contribution in [3.05, 3.63) is 28.2 Å². The van der Waals surface area contributed by atoms with Gasteiger partial charge in [0.1, 0.15) is 0 Å². The summed E-state index contributed by atoms with van der Waals surface area (Å²) in [5.41, 5.74) is 1.11. The summed E-state index contributed by atoms with van der Waals surface area (Å²) in [6.07, 6.45) is 1.22. The van der Waals surface area contributed by atoms with E-state index in [0.29, 0.717) is 4.90 Å². The van der Waals surface area contributed by atoms with Crippen LogP contribution in [0.3, 0.4) is 0 Å². The minimum Gasteiger partial charge on any atom is -0.300 e. The van der Waals surface area contributed by atoms with E-state index in [-0.39, 0.29) is 0 Å². The Labute approximate surface area is 112 Å². The quantitative estimate of drug-likeness (QED) is 0.837. The van der Waals surface area contributed by atoms with Gasteiger partial charge in [0, 0.05) is 17.3 Å². The molecule has 0 saturated carbocycles. The lowest BCUT2D eigenvalue weighted by molar-refractivity contribution is 0.295. The zero-order chi connectivity index (χ0) is 13.1. The van der Waals surface area contributed by atoms with E-state index < -0.39 is 9.84 Å². The molecule has 5 heteroatoms. The van der Waals surface area contributed by atoms with Crippen molar-refractivity contribution in [3.8, 4) is 0 Å². The minimum absolute atomic E-state index is 0.354. The zero-order valence-electron chi connectivity index (χ0n) is 10.4. The maximum absolute atomic E-state index is 11.4. The molecule has 1 aromatic rings. The van der Waals surface area contributed by atoms with Crippen LogP contribution in [0.25, 0.3) is 0 Å². The highest BCUT2D eigenvalue weighted by Crippen LogP contribution is 2.22. The predicted molar refractivity (Wildman–Crippen MR) is 73.9 cm³/mol. The summed E-state index contributed by atoms with van der Waals surface area (Å²) in [5.74, 6) is 0. The van der Waals surface area contributed by atoms with Gasteiger partial charge in [0.2, 0.25) is 0 Å². The van der Waals surface area contributed by atoms with Gasteiger partial charge in [0.15, 0.2) is 9.84 Å². The summed E-state index contributed by atoms with van der Waals surface area (Å²) < 4.78 is 23.7. The average molecular weight is 320 g/mol. The number of rotatable bonds is 5. The van der Waals surface area contributed by atoms with E-state index in [9.17, 15) is 8.42 Å². The molecule has 1 aromatic carbocycles. The number of sulfone groups is 1. The molecule has 1 rings (SSSR count). The van der Waals surface area contributed by atoms with Crippen molar-refractivity contribution < 1.29 is 8.42 Å². The third-order valence-corrected chi connectivity index (χ3v) is 4.59. The molecule has 0 aliphatic rings. The molecule has 0 aromatic heterocycles. The highest BCUT2D eigenvalue weighted by molar-refractivity contribution is 9.10. The summed E-state index contributed by atoms with van der Waals surface area (Å²) >= 11 is 3.44. The molecule has 0 amide bonds. The molecule has 0 atom stereocenters. The Morgan fingerprint density at radius 3 is 2.24 bits per heavy atom. The maximum Gasteiger partial charge on any atom is 0.175 e. The van der Waals surface area contributed by atoms with Crippen LogP contribution in [0.4, 0.5) is 0 Å². The average Bonchev–Trinajstić information content (AvgIpc) is 2.26. The van der Waals surface area contributed by atoms with Gasteiger partial charge < -0.3 is 0 Å². The Balaban J connectivity index is 2.98. The van der Waals surface area contributed by atoms with Crippen molar-refractivity contribution in [1.82, 2.24) is 4.90 Å². The molecule has 17 heavy (non-hydrogen) atoms. The van der Waals surface area contributed by atoms with Gasteiger partial charge in [0.25, 0.3) is 0 Å². The van der Waals surface area contributed by atoms with Gasteiger partial charge >= 0.3 is 0 Å². The smallest absolute Gasteiger partial charge is 0.175 e. The molecule has 0 saturated heterocycles. The van der Waals surface area contributed by atoms with E-state index in [1.807, 2.05) is 6.07 Å². The Morgan fingerprint density at radius 2 is 1.82 bits per heavy atom. The highest BCUT2D eigenvalue weighted by Gasteiger charge is 2.11. The van der Waals surface area contributed by atoms with Gasteiger partial charge in [-0.3, -0.25) is 4.90 Å². The molecule has 0 radical (unpaired) electrons. The summed E-state index contributed by atoms with van der Waals surface area (Å²) in [5, 5.41) is 0. The fourth-order valence-electron chi connectivity index (χ4n) is 1.58. The molecule has 0 N–H and O–H groups in total. The minimum atomic E-state index is -3.13. The van der Waals surface area contributed by atoms with Gasteiger partial charge in [-0.25, -0.2) is 8.42 Å². The van der Waals surface area contributed by atoms with Crippen molar-refractivity contribution >= 4 is 25.8 Å². The predicted octanol–water partition coefficient (Wildman–Crippen LogP) is 2.69. The van der Waals surface area contributed by atoms with Crippen molar-refractivity contribution in [2.45, 2.75) is 25.3 Å². The third-order valence-electron chi connectivity index (χ3n) is 2.74. The molecule has 96 valence electrons. The second-order valence-corrected chi connectivity index (χ2v) is 6.86. The molecule has 0 aliphatic heterocycles. The SMILES string of the molecule is CCN(CC)Cc1ccc(S(C)(=O)=O)cc1Br. The first kappa shape index (κ1) is 14.7. The van der Waals surface area contributed by atoms with Crippen molar-refractivity contribution in [2.75, 3.05) is 19.3 Å². The fourth-order valence-corrected chi connectivity index (χ4v) is 2.88. The standard InChI is InChI=1S/C12H18BrNO2S/c1-4-14(5-2)9-10-6-7-11(8-12(10)13)17(3,15)16/h6-8H,4-5,9H2,1-3H3. The monoisotopic (exact) mass is 319 g/mol. The summed E-state index contributed by atoms with van der Waals surface area (Å²) in [4.78, 5) is 2.63. The topological polar surface area (TPSA) is 37.4 Å². The van der Waals surface area contributed by atoms with Crippen LogP contribution in [0.15, 0.2) is 27.6 Å². The van der Waals surface area contributed by atoms with Crippen LogP contribution < -0.4 is 0 Å². The molecule has 3 nitrogen and oxygen atoms in total. The van der Waals surface area contributed by atoms with Crippen LogP contribution in [0.5, 0.6) is 0 Å². The van der Waals surface area contributed by atoms with Gasteiger partial charge in [-0.15, -0.1) is 0 Å². The lowest BCUT2D eigenvalue weighted by Gasteiger charge is -2.19. The second kappa shape index (κ2) is 5.98. The van der Waals surface area contributed by atoms with E-state index in [2.05, 4.69) is 34.7 Å². The molecular formula is C12H18BrNO2S. The van der Waals surface area contributed by atoms with Gasteiger partial charge in [-0.1, -0.05) is 35.8 Å². The number of hydrogen-bond acceptors (Lipinski definition) is 3. The normalized spacial score (nSPS) is 12.1. The Kier molecular flexibility index (Phi) is 5.16. The van der Waals surface area contributed by atoms with E-state index >= 15 is 0 Å². The molecule has 0 heterocycles. The molecule has 0 unspecified atom stereocenters. The fraction of sp³-hybridized carbons (Fsp3) is 0.500. The lowest BCUT2D eigenvalue weighted by atomic mass is 10.2. The Hall–Kier alpha value is -0.390. The largest absolute Gasteiger partial charge is 0.300 e. The first-order chi connectivity index (χ1) is 7.88. The van der Waals surface area contributed by atoms with Crippen LogP contribution in [0, 0.1) is 0 Å². The van der Waals surface area contributed by atoms with Gasteiger partial charge in [-0.2, -0.15) is 0 Å². The van der Waals surface area contributed by atoms with Gasteiger partial charge in [-0.05, 0) is 30.8 Å². The Bertz CT molecular complexity index is 481. The Morgan fingerprint density at radius 1 is 1.24 bits per heavy atom. The summed E-state index contributed by atoms with van der Waals surface area (Å²) in [6, 6.07) is 5.21. The zero-order valence-corrected chi connectivity index (χ0v) is 12.8. The highest BCUT2D eigenvalue weighted by atomic mass is 79.9. The van der Waals surface area contributed by atoms with E-state index in [4.69, 9.17) is 0 Å². The lowest BCUT2D eigenvalue weighted by Crippen LogP contribution is -2.22. The van der Waals surface area contributed by atoms with Crippen LogP contribution in [0.2, 0.25) is 0 Å². The summed E-state index contributed by atoms with van der Waals surface area (Å²) in [6.45, 7) is 7.02. The van der Waals surface area contributed by atoms with E-state index in [1.165, 1.54) is 6.26 Å². The first-order valence-electron chi connectivity index (χ1n) is 5.59.